The van der Waals surface area contributed by atoms with Gasteiger partial charge in [-0.3, -0.25) is 9.59 Å². The maximum absolute atomic E-state index is 13.0. The second kappa shape index (κ2) is 8.08. The maximum atomic E-state index is 13.0. The number of hydrogen-bond donors (Lipinski definition) is 1. The van der Waals surface area contributed by atoms with E-state index >= 15 is 0 Å². The number of nitrogens with zero attached hydrogens (tertiary/aromatic N) is 2. The number of carbonyl (C=O) groups is 2. The first kappa shape index (κ1) is 18.0. The van der Waals surface area contributed by atoms with Gasteiger partial charge in [-0.1, -0.05) is 0 Å². The molecule has 0 radical (unpaired) electrons. The number of nitrogens with one attached hydrogen (secondary N) is 1. The molecule has 0 atom stereocenters. The highest BCUT2D eigenvalue weighted by molar-refractivity contribution is 6.05. The van der Waals surface area contributed by atoms with Gasteiger partial charge in [0.05, 0.1) is 11.8 Å². The van der Waals surface area contributed by atoms with E-state index in [1.165, 1.54) is 6.26 Å². The summed E-state index contributed by atoms with van der Waals surface area (Å²) in [6.45, 7) is 7.15. The number of amides is 2. The third-order valence-electron chi connectivity index (χ3n) is 4.73. The summed E-state index contributed by atoms with van der Waals surface area (Å²) < 4.78 is 5.13. The Morgan fingerprint density at radius 1 is 1.15 bits per heavy atom. The van der Waals surface area contributed by atoms with Gasteiger partial charge in [0.25, 0.3) is 11.8 Å². The van der Waals surface area contributed by atoms with Gasteiger partial charge in [0.15, 0.2) is 5.76 Å². The lowest BCUT2D eigenvalue weighted by molar-refractivity contribution is 0.0773. The van der Waals surface area contributed by atoms with Crippen LogP contribution in [0.1, 0.15) is 47.6 Å². The molecule has 2 heterocycles. The molecule has 1 N–H and O–H groups in total. The van der Waals surface area contributed by atoms with Crippen LogP contribution in [0.2, 0.25) is 0 Å². The number of hydrogen-bond acceptors (Lipinski definition) is 4. The van der Waals surface area contributed by atoms with Crippen molar-refractivity contribution in [2.75, 3.05) is 36.4 Å². The lowest BCUT2D eigenvalue weighted by atomic mass is 10.1. The number of anilines is 2. The quantitative estimate of drug-likeness (QED) is 0.859. The number of furan rings is 1. The minimum atomic E-state index is -0.329. The van der Waals surface area contributed by atoms with Crippen molar-refractivity contribution in [2.45, 2.75) is 26.7 Å². The molecule has 0 spiro atoms. The van der Waals surface area contributed by atoms with Crippen molar-refractivity contribution < 1.29 is 14.0 Å². The molecule has 1 aromatic heterocycles. The number of carbonyl (C=O) groups excluding carboxylic acids is 2. The van der Waals surface area contributed by atoms with E-state index in [0.717, 1.165) is 31.6 Å². The van der Waals surface area contributed by atoms with E-state index in [4.69, 9.17) is 4.42 Å². The average Bonchev–Trinajstić information content (AvgIpc) is 3.36. The van der Waals surface area contributed by atoms with Gasteiger partial charge in [-0.15, -0.1) is 0 Å². The molecule has 1 aliphatic rings. The summed E-state index contributed by atoms with van der Waals surface area (Å²) in [6, 6.07) is 8.82. The fourth-order valence-electron chi connectivity index (χ4n) is 3.30. The minimum absolute atomic E-state index is 0.00834. The first-order valence-electron chi connectivity index (χ1n) is 9.17. The van der Waals surface area contributed by atoms with Crippen molar-refractivity contribution in [3.05, 3.63) is 47.9 Å². The van der Waals surface area contributed by atoms with E-state index in [1.807, 2.05) is 26.0 Å². The maximum Gasteiger partial charge on any atom is 0.291 e. The fraction of sp³-hybridized carbons (Fsp3) is 0.400. The Morgan fingerprint density at radius 2 is 1.88 bits per heavy atom. The van der Waals surface area contributed by atoms with Crippen molar-refractivity contribution in [3.63, 3.8) is 0 Å². The zero-order valence-corrected chi connectivity index (χ0v) is 15.3. The molecule has 6 nitrogen and oxygen atoms in total. The summed E-state index contributed by atoms with van der Waals surface area (Å²) in [7, 11) is 0. The third-order valence-corrected chi connectivity index (χ3v) is 4.73. The smallest absolute Gasteiger partial charge is 0.291 e. The molecule has 0 saturated carbocycles. The van der Waals surface area contributed by atoms with Crippen LogP contribution >= 0.6 is 0 Å². The predicted molar refractivity (Wildman–Crippen MR) is 102 cm³/mol. The molecule has 1 aromatic carbocycles. The molecule has 2 amide bonds. The van der Waals surface area contributed by atoms with Gasteiger partial charge in [-0.25, -0.2) is 0 Å². The van der Waals surface area contributed by atoms with Crippen molar-refractivity contribution in [1.29, 1.82) is 0 Å². The molecular formula is C20H25N3O3. The van der Waals surface area contributed by atoms with Gasteiger partial charge in [-0.05, 0) is 57.0 Å². The van der Waals surface area contributed by atoms with Gasteiger partial charge >= 0.3 is 0 Å². The van der Waals surface area contributed by atoms with Crippen LogP contribution in [-0.2, 0) is 0 Å². The molecule has 1 aliphatic heterocycles. The summed E-state index contributed by atoms with van der Waals surface area (Å²) >= 11 is 0. The molecular weight excluding hydrogens is 330 g/mol. The second-order valence-corrected chi connectivity index (χ2v) is 6.33. The standard InChI is InChI=1S/C20H25N3O3/c1-3-22(4-2)20(25)16-14-15(21-19(24)18-8-7-13-26-18)9-10-17(16)23-11-5-6-12-23/h7-10,13-14H,3-6,11-12H2,1-2H3,(H,21,24). The minimum Gasteiger partial charge on any atom is -0.459 e. The lowest BCUT2D eigenvalue weighted by Gasteiger charge is -2.25. The molecule has 1 saturated heterocycles. The largest absolute Gasteiger partial charge is 0.459 e. The van der Waals surface area contributed by atoms with E-state index < -0.39 is 0 Å². The van der Waals surface area contributed by atoms with Gasteiger partial charge in [0.1, 0.15) is 0 Å². The van der Waals surface area contributed by atoms with Crippen LogP contribution in [-0.4, -0.2) is 42.9 Å². The Hall–Kier alpha value is -2.76. The third kappa shape index (κ3) is 3.74. The van der Waals surface area contributed by atoms with E-state index in [9.17, 15) is 9.59 Å². The van der Waals surface area contributed by atoms with Gasteiger partial charge in [0, 0.05) is 37.6 Å². The molecule has 0 bridgehead atoms. The summed E-state index contributed by atoms with van der Waals surface area (Å²) in [5, 5.41) is 2.81. The van der Waals surface area contributed by atoms with E-state index in [1.54, 1.807) is 23.1 Å². The molecule has 2 aromatic rings. The van der Waals surface area contributed by atoms with Gasteiger partial charge in [0.2, 0.25) is 0 Å². The van der Waals surface area contributed by atoms with Crippen molar-refractivity contribution in [1.82, 2.24) is 4.90 Å². The first-order valence-corrected chi connectivity index (χ1v) is 9.17. The molecule has 1 fully saturated rings. The van der Waals surface area contributed by atoms with Gasteiger partial charge in [-0.2, -0.15) is 0 Å². The Morgan fingerprint density at radius 3 is 2.50 bits per heavy atom. The number of rotatable bonds is 6. The monoisotopic (exact) mass is 355 g/mol. The topological polar surface area (TPSA) is 65.8 Å². The summed E-state index contributed by atoms with van der Waals surface area (Å²) in [5.74, 6) is -0.0959. The SMILES string of the molecule is CCN(CC)C(=O)c1cc(NC(=O)c2ccco2)ccc1N1CCCC1. The van der Waals surface area contributed by atoms with Crippen LogP contribution in [0.25, 0.3) is 0 Å². The Balaban J connectivity index is 1.91. The highest BCUT2D eigenvalue weighted by atomic mass is 16.3. The molecule has 6 heteroatoms. The van der Waals surface area contributed by atoms with Crippen LogP contribution in [0.4, 0.5) is 11.4 Å². The first-order chi connectivity index (χ1) is 12.6. The van der Waals surface area contributed by atoms with Crippen molar-refractivity contribution >= 4 is 23.2 Å². The average molecular weight is 355 g/mol. The van der Waals surface area contributed by atoms with Crippen molar-refractivity contribution in [2.24, 2.45) is 0 Å². The molecule has 138 valence electrons. The predicted octanol–water partition coefficient (Wildman–Crippen LogP) is 3.61. The van der Waals surface area contributed by atoms with Gasteiger partial charge < -0.3 is 19.5 Å². The zero-order chi connectivity index (χ0) is 18.5. The Labute approximate surface area is 153 Å². The van der Waals surface area contributed by atoms with Crippen LogP contribution in [0.15, 0.2) is 41.0 Å². The second-order valence-electron chi connectivity index (χ2n) is 6.33. The molecule has 0 aliphatic carbocycles. The Bertz CT molecular complexity index is 761. The Kier molecular flexibility index (Phi) is 5.61. The summed E-state index contributed by atoms with van der Waals surface area (Å²) in [5.41, 5.74) is 2.16. The summed E-state index contributed by atoms with van der Waals surface area (Å²) in [4.78, 5) is 29.3. The van der Waals surface area contributed by atoms with Crippen LogP contribution in [0, 0.1) is 0 Å². The normalized spacial score (nSPS) is 13.7. The van der Waals surface area contributed by atoms with Crippen LogP contribution in [0.5, 0.6) is 0 Å². The van der Waals surface area contributed by atoms with Crippen molar-refractivity contribution in [3.8, 4) is 0 Å². The number of benzene rings is 1. The van der Waals surface area contributed by atoms with E-state index in [2.05, 4.69) is 10.2 Å². The highest BCUT2D eigenvalue weighted by Gasteiger charge is 2.23. The lowest BCUT2D eigenvalue weighted by Crippen LogP contribution is -2.32. The molecule has 0 unspecified atom stereocenters. The van der Waals surface area contributed by atoms with Crippen LogP contribution < -0.4 is 10.2 Å². The van der Waals surface area contributed by atoms with E-state index in [0.29, 0.717) is 24.3 Å². The fourth-order valence-corrected chi connectivity index (χ4v) is 3.30. The summed E-state index contributed by atoms with van der Waals surface area (Å²) in [6.07, 6.45) is 3.73. The van der Waals surface area contributed by atoms with Crippen LogP contribution in [0.3, 0.4) is 0 Å². The molecule has 3 rings (SSSR count). The highest BCUT2D eigenvalue weighted by Crippen LogP contribution is 2.29. The zero-order valence-electron chi connectivity index (χ0n) is 15.3. The molecule has 26 heavy (non-hydrogen) atoms. The van der Waals surface area contributed by atoms with E-state index in [-0.39, 0.29) is 17.6 Å².